The molecule has 0 heterocycles. The van der Waals surface area contributed by atoms with Crippen LogP contribution in [0.2, 0.25) is 0 Å². The molecule has 0 spiro atoms. The monoisotopic (exact) mass is 438 g/mol. The highest BCUT2D eigenvalue weighted by Gasteiger charge is 2.46. The van der Waals surface area contributed by atoms with Gasteiger partial charge in [0.05, 0.1) is 5.54 Å². The summed E-state index contributed by atoms with van der Waals surface area (Å²) in [6.07, 6.45) is 10.6. The molecule has 2 aliphatic rings. The second kappa shape index (κ2) is 9.14. The lowest BCUT2D eigenvalue weighted by Crippen LogP contribution is -2.35. The van der Waals surface area contributed by atoms with E-state index >= 15 is 0 Å². The minimum atomic E-state index is -0.285. The summed E-state index contributed by atoms with van der Waals surface area (Å²) >= 11 is 0. The Morgan fingerprint density at radius 2 is 1.88 bits per heavy atom. The summed E-state index contributed by atoms with van der Waals surface area (Å²) in [4.78, 5) is 13.3. The number of carbonyl (C=O) groups is 1. The molecule has 0 unspecified atom stereocenters. The molecular weight excluding hydrogens is 408 g/mol. The van der Waals surface area contributed by atoms with E-state index in [9.17, 15) is 4.79 Å². The molecule has 3 aromatic rings. The number of nitrogens with one attached hydrogen (secondary N) is 2. The summed E-state index contributed by atoms with van der Waals surface area (Å²) in [5, 5.41) is 9.15. The van der Waals surface area contributed by atoms with Crippen molar-refractivity contribution >= 4 is 16.7 Å². The fourth-order valence-electron chi connectivity index (χ4n) is 4.56. The zero-order valence-corrected chi connectivity index (χ0v) is 19.1. The Hall–Kier alpha value is -3.53. The van der Waals surface area contributed by atoms with Crippen molar-refractivity contribution in [3.05, 3.63) is 101 Å². The van der Waals surface area contributed by atoms with Crippen LogP contribution in [0.1, 0.15) is 47.2 Å². The predicted octanol–water partition coefficient (Wildman–Crippen LogP) is 5.77. The Bertz CT molecular complexity index is 1230. The highest BCUT2D eigenvalue weighted by atomic mass is 16.5. The van der Waals surface area contributed by atoms with Crippen LogP contribution in [0.5, 0.6) is 5.75 Å². The van der Waals surface area contributed by atoms with Gasteiger partial charge in [0, 0.05) is 17.8 Å². The molecule has 2 aliphatic carbocycles. The van der Waals surface area contributed by atoms with Gasteiger partial charge in [-0.25, -0.2) is 0 Å². The van der Waals surface area contributed by atoms with E-state index in [4.69, 9.17) is 4.74 Å². The number of rotatable bonds is 8. The van der Waals surface area contributed by atoms with Gasteiger partial charge in [0.25, 0.3) is 5.91 Å². The molecule has 1 saturated carbocycles. The van der Waals surface area contributed by atoms with E-state index in [1.807, 2.05) is 25.1 Å². The van der Waals surface area contributed by atoms with E-state index in [1.54, 1.807) is 0 Å². The molecule has 3 aromatic carbocycles. The number of carbonyl (C=O) groups excluding carboxylic acids is 1. The highest BCUT2D eigenvalue weighted by molar-refractivity contribution is 5.97. The van der Waals surface area contributed by atoms with Crippen LogP contribution in [0, 0.1) is 6.92 Å². The lowest BCUT2D eigenvalue weighted by atomic mass is 9.96. The summed E-state index contributed by atoms with van der Waals surface area (Å²) in [6, 6.07) is 20.5. The van der Waals surface area contributed by atoms with Gasteiger partial charge in [0.1, 0.15) is 12.4 Å². The third-order valence-corrected chi connectivity index (χ3v) is 6.56. The number of hydrogen-bond donors (Lipinski definition) is 2. The van der Waals surface area contributed by atoms with Crippen LogP contribution in [0.4, 0.5) is 0 Å². The Morgan fingerprint density at radius 1 is 1.03 bits per heavy atom. The van der Waals surface area contributed by atoms with Crippen molar-refractivity contribution in [2.45, 2.75) is 38.1 Å². The van der Waals surface area contributed by atoms with Gasteiger partial charge in [-0.15, -0.1) is 0 Å². The predicted molar refractivity (Wildman–Crippen MR) is 133 cm³/mol. The third-order valence-electron chi connectivity index (χ3n) is 6.56. The fourth-order valence-corrected chi connectivity index (χ4v) is 4.56. The number of aryl methyl sites for hydroxylation is 1. The average molecular weight is 439 g/mol. The normalized spacial score (nSPS) is 16.2. The topological polar surface area (TPSA) is 50.4 Å². The number of benzene rings is 3. The SMILES string of the molecule is Cc1ccc(OCCNC2=CCCC=C2)cc1C(=O)NC1(c2cccc3ccccc23)CC1. The Balaban J connectivity index is 1.26. The third kappa shape index (κ3) is 4.65. The number of amides is 1. The van der Waals surface area contributed by atoms with E-state index in [2.05, 4.69) is 71.3 Å². The van der Waals surface area contributed by atoms with E-state index < -0.39 is 0 Å². The minimum absolute atomic E-state index is 0.0426. The average Bonchev–Trinajstić information content (AvgIpc) is 3.63. The lowest BCUT2D eigenvalue weighted by molar-refractivity contribution is 0.0930. The van der Waals surface area contributed by atoms with Gasteiger partial charge >= 0.3 is 0 Å². The van der Waals surface area contributed by atoms with Crippen LogP contribution >= 0.6 is 0 Å². The first-order valence-electron chi connectivity index (χ1n) is 11.8. The van der Waals surface area contributed by atoms with Gasteiger partial charge in [-0.05, 0) is 72.7 Å². The molecule has 4 heteroatoms. The van der Waals surface area contributed by atoms with Crippen molar-refractivity contribution < 1.29 is 9.53 Å². The molecule has 1 amide bonds. The number of hydrogen-bond acceptors (Lipinski definition) is 3. The number of ether oxygens (including phenoxy) is 1. The van der Waals surface area contributed by atoms with E-state index in [0.717, 1.165) is 49.2 Å². The summed E-state index contributed by atoms with van der Waals surface area (Å²) in [5.41, 5.74) is 3.69. The van der Waals surface area contributed by atoms with Crippen LogP contribution in [0.3, 0.4) is 0 Å². The van der Waals surface area contributed by atoms with Gasteiger partial charge in [-0.2, -0.15) is 0 Å². The van der Waals surface area contributed by atoms with Gasteiger partial charge < -0.3 is 15.4 Å². The summed E-state index contributed by atoms with van der Waals surface area (Å²) in [7, 11) is 0. The van der Waals surface area contributed by atoms with Gasteiger partial charge in [-0.3, -0.25) is 4.79 Å². The largest absolute Gasteiger partial charge is 0.492 e. The van der Waals surface area contributed by atoms with E-state index in [-0.39, 0.29) is 11.4 Å². The van der Waals surface area contributed by atoms with E-state index in [1.165, 1.54) is 16.3 Å². The molecule has 0 bridgehead atoms. The Labute approximate surface area is 195 Å². The molecule has 33 heavy (non-hydrogen) atoms. The molecule has 0 saturated heterocycles. The maximum Gasteiger partial charge on any atom is 0.252 e. The second-order valence-corrected chi connectivity index (χ2v) is 8.95. The molecule has 168 valence electrons. The molecule has 2 N–H and O–H groups in total. The maximum absolute atomic E-state index is 13.3. The van der Waals surface area contributed by atoms with Crippen LogP contribution in [-0.4, -0.2) is 19.1 Å². The fraction of sp³-hybridized carbons (Fsp3) is 0.276. The first-order chi connectivity index (χ1) is 16.1. The standard InChI is InChI=1S/C29H30N2O2/c1-21-14-15-24(33-19-18-30-23-10-3-2-4-11-23)20-26(21)28(32)31-29(16-17-29)27-13-7-9-22-8-5-6-12-25(22)27/h3,5-15,20,30H,2,4,16-19H2,1H3,(H,31,32). The molecule has 5 rings (SSSR count). The zero-order valence-electron chi connectivity index (χ0n) is 19.1. The molecule has 4 nitrogen and oxygen atoms in total. The van der Waals surface area contributed by atoms with Crippen LogP contribution in [0.25, 0.3) is 10.8 Å². The molecule has 1 fully saturated rings. The van der Waals surface area contributed by atoms with E-state index in [0.29, 0.717) is 12.2 Å². The quantitative estimate of drug-likeness (QED) is 0.439. The second-order valence-electron chi connectivity index (χ2n) is 8.95. The lowest BCUT2D eigenvalue weighted by Gasteiger charge is -2.21. The smallest absolute Gasteiger partial charge is 0.252 e. The summed E-state index contributed by atoms with van der Waals surface area (Å²) < 4.78 is 5.94. The highest BCUT2D eigenvalue weighted by Crippen LogP contribution is 2.48. The summed E-state index contributed by atoms with van der Waals surface area (Å²) in [6.45, 7) is 3.23. The summed E-state index contributed by atoms with van der Waals surface area (Å²) in [5.74, 6) is 0.676. The number of fused-ring (bicyclic) bond motifs is 1. The van der Waals surface area contributed by atoms with Crippen LogP contribution in [-0.2, 0) is 5.54 Å². The van der Waals surface area contributed by atoms with Crippen LogP contribution < -0.4 is 15.4 Å². The Kier molecular flexibility index (Phi) is 5.91. The maximum atomic E-state index is 13.3. The minimum Gasteiger partial charge on any atom is -0.492 e. The molecular formula is C29H30N2O2. The van der Waals surface area contributed by atoms with Crippen molar-refractivity contribution in [1.29, 1.82) is 0 Å². The first kappa shape index (κ1) is 21.3. The van der Waals surface area contributed by atoms with Crippen molar-refractivity contribution in [3.63, 3.8) is 0 Å². The van der Waals surface area contributed by atoms with Gasteiger partial charge in [0.2, 0.25) is 0 Å². The molecule has 0 aliphatic heterocycles. The molecule has 0 aromatic heterocycles. The van der Waals surface area contributed by atoms with Crippen LogP contribution in [0.15, 0.2) is 84.6 Å². The first-order valence-corrected chi connectivity index (χ1v) is 11.8. The van der Waals surface area contributed by atoms with Crippen molar-refractivity contribution in [3.8, 4) is 5.75 Å². The van der Waals surface area contributed by atoms with Crippen molar-refractivity contribution in [1.82, 2.24) is 10.6 Å². The zero-order chi connectivity index (χ0) is 22.7. The van der Waals surface area contributed by atoms with Crippen molar-refractivity contribution in [2.75, 3.05) is 13.2 Å². The van der Waals surface area contributed by atoms with Crippen molar-refractivity contribution in [2.24, 2.45) is 0 Å². The Morgan fingerprint density at radius 3 is 2.70 bits per heavy atom. The number of allylic oxidation sites excluding steroid dienone is 3. The van der Waals surface area contributed by atoms with Gasteiger partial charge in [0.15, 0.2) is 0 Å². The molecule has 0 atom stereocenters. The van der Waals surface area contributed by atoms with Gasteiger partial charge in [-0.1, -0.05) is 60.7 Å². The molecule has 0 radical (unpaired) electrons.